The molecule has 2 rings (SSSR count). The van der Waals surface area contributed by atoms with Crippen molar-refractivity contribution in [3.05, 3.63) is 0 Å². The summed E-state index contributed by atoms with van der Waals surface area (Å²) in [5.74, 6) is 0.974. The van der Waals surface area contributed by atoms with E-state index < -0.39 is 0 Å². The Kier molecular flexibility index (Phi) is 2.66. The number of hydrogen-bond donors (Lipinski definition) is 2. The number of rotatable bonds is 1. The van der Waals surface area contributed by atoms with Crippen LogP contribution in [0.2, 0.25) is 0 Å². The fourth-order valence-electron chi connectivity index (χ4n) is 2.76. The van der Waals surface area contributed by atoms with Gasteiger partial charge in [-0.15, -0.1) is 0 Å². The first-order valence-electron chi connectivity index (χ1n) is 5.36. The van der Waals surface area contributed by atoms with Crippen molar-refractivity contribution in [2.24, 2.45) is 11.7 Å². The van der Waals surface area contributed by atoms with E-state index in [0.717, 1.165) is 18.5 Å². The van der Waals surface area contributed by atoms with Crippen LogP contribution in [0.4, 0.5) is 0 Å². The first-order chi connectivity index (χ1) is 5.90. The SMILES string of the molecule is NCC1CCC2CCCCC2N1. The van der Waals surface area contributed by atoms with Crippen molar-refractivity contribution in [1.82, 2.24) is 5.32 Å². The Hall–Kier alpha value is -0.0800. The van der Waals surface area contributed by atoms with Crippen LogP contribution in [-0.2, 0) is 0 Å². The van der Waals surface area contributed by atoms with Crippen molar-refractivity contribution in [2.75, 3.05) is 6.54 Å². The van der Waals surface area contributed by atoms with Gasteiger partial charge in [-0.3, -0.25) is 0 Å². The zero-order chi connectivity index (χ0) is 8.39. The summed E-state index contributed by atoms with van der Waals surface area (Å²) >= 11 is 0. The molecule has 1 aliphatic heterocycles. The Morgan fingerprint density at radius 2 is 1.92 bits per heavy atom. The fourth-order valence-corrected chi connectivity index (χ4v) is 2.76. The van der Waals surface area contributed by atoms with Crippen LogP contribution in [-0.4, -0.2) is 18.6 Å². The van der Waals surface area contributed by atoms with Gasteiger partial charge in [-0.2, -0.15) is 0 Å². The summed E-state index contributed by atoms with van der Waals surface area (Å²) < 4.78 is 0. The third kappa shape index (κ3) is 1.64. The van der Waals surface area contributed by atoms with Crippen molar-refractivity contribution in [1.29, 1.82) is 0 Å². The lowest BCUT2D eigenvalue weighted by atomic mass is 9.78. The number of nitrogens with one attached hydrogen (secondary N) is 1. The fraction of sp³-hybridized carbons (Fsp3) is 1.00. The van der Waals surface area contributed by atoms with Gasteiger partial charge in [-0.05, 0) is 31.6 Å². The quantitative estimate of drug-likeness (QED) is 0.618. The van der Waals surface area contributed by atoms with E-state index in [1.807, 2.05) is 0 Å². The molecule has 0 amide bonds. The first kappa shape index (κ1) is 8.52. The highest BCUT2D eigenvalue weighted by Gasteiger charge is 2.30. The molecule has 1 saturated heterocycles. The van der Waals surface area contributed by atoms with Crippen LogP contribution < -0.4 is 11.1 Å². The van der Waals surface area contributed by atoms with Crippen molar-refractivity contribution >= 4 is 0 Å². The van der Waals surface area contributed by atoms with Crippen molar-refractivity contribution in [3.63, 3.8) is 0 Å². The van der Waals surface area contributed by atoms with E-state index in [1.165, 1.54) is 38.5 Å². The summed E-state index contributed by atoms with van der Waals surface area (Å²) in [7, 11) is 0. The van der Waals surface area contributed by atoms with Crippen LogP contribution in [0.3, 0.4) is 0 Å². The Bertz CT molecular complexity index is 147. The zero-order valence-corrected chi connectivity index (χ0v) is 7.76. The lowest BCUT2D eigenvalue weighted by molar-refractivity contribution is 0.178. The molecule has 1 saturated carbocycles. The van der Waals surface area contributed by atoms with Crippen LogP contribution >= 0.6 is 0 Å². The molecule has 2 aliphatic rings. The van der Waals surface area contributed by atoms with Crippen molar-refractivity contribution in [3.8, 4) is 0 Å². The molecule has 0 bridgehead atoms. The van der Waals surface area contributed by atoms with E-state index in [9.17, 15) is 0 Å². The Labute approximate surface area is 74.9 Å². The molecule has 1 heterocycles. The monoisotopic (exact) mass is 168 g/mol. The topological polar surface area (TPSA) is 38.0 Å². The number of hydrogen-bond acceptors (Lipinski definition) is 2. The van der Waals surface area contributed by atoms with Gasteiger partial charge in [0, 0.05) is 18.6 Å². The number of fused-ring (bicyclic) bond motifs is 1. The molecular formula is C10H20N2. The Morgan fingerprint density at radius 3 is 2.75 bits per heavy atom. The van der Waals surface area contributed by atoms with Crippen molar-refractivity contribution in [2.45, 2.75) is 50.6 Å². The molecule has 1 aliphatic carbocycles. The lowest BCUT2D eigenvalue weighted by Crippen LogP contribution is -2.51. The third-order valence-electron chi connectivity index (χ3n) is 3.53. The predicted molar refractivity (Wildman–Crippen MR) is 51.0 cm³/mol. The molecule has 2 fully saturated rings. The van der Waals surface area contributed by atoms with Gasteiger partial charge >= 0.3 is 0 Å². The van der Waals surface area contributed by atoms with Crippen LogP contribution in [0.15, 0.2) is 0 Å². The van der Waals surface area contributed by atoms with Crippen molar-refractivity contribution < 1.29 is 0 Å². The normalized spacial score (nSPS) is 42.2. The molecule has 3 N–H and O–H groups in total. The summed E-state index contributed by atoms with van der Waals surface area (Å²) in [6.45, 7) is 0.823. The van der Waals surface area contributed by atoms with Gasteiger partial charge in [0.05, 0.1) is 0 Å². The summed E-state index contributed by atoms with van der Waals surface area (Å²) in [6.07, 6.45) is 8.44. The van der Waals surface area contributed by atoms with Gasteiger partial charge in [0.1, 0.15) is 0 Å². The lowest BCUT2D eigenvalue weighted by Gasteiger charge is -2.40. The Balaban J connectivity index is 1.90. The van der Waals surface area contributed by atoms with Crippen LogP contribution in [0.1, 0.15) is 38.5 Å². The molecular weight excluding hydrogens is 148 g/mol. The summed E-state index contributed by atoms with van der Waals surface area (Å²) in [6, 6.07) is 1.42. The van der Waals surface area contributed by atoms with Gasteiger partial charge in [0.15, 0.2) is 0 Å². The minimum Gasteiger partial charge on any atom is -0.329 e. The molecule has 0 spiro atoms. The average molecular weight is 168 g/mol. The molecule has 2 nitrogen and oxygen atoms in total. The summed E-state index contributed by atoms with van der Waals surface area (Å²) in [5, 5.41) is 3.68. The smallest absolute Gasteiger partial charge is 0.0193 e. The second-order valence-electron chi connectivity index (χ2n) is 4.33. The second kappa shape index (κ2) is 3.75. The van der Waals surface area contributed by atoms with Gasteiger partial charge in [0.25, 0.3) is 0 Å². The summed E-state index contributed by atoms with van der Waals surface area (Å²) in [5.41, 5.74) is 5.66. The molecule has 0 radical (unpaired) electrons. The van der Waals surface area contributed by atoms with E-state index >= 15 is 0 Å². The molecule has 3 unspecified atom stereocenters. The first-order valence-corrected chi connectivity index (χ1v) is 5.36. The maximum Gasteiger partial charge on any atom is 0.0193 e. The molecule has 12 heavy (non-hydrogen) atoms. The maximum absolute atomic E-state index is 5.66. The second-order valence-corrected chi connectivity index (χ2v) is 4.33. The molecule has 3 atom stereocenters. The van der Waals surface area contributed by atoms with Gasteiger partial charge in [-0.25, -0.2) is 0 Å². The standard InChI is InChI=1S/C10H20N2/c11-7-9-6-5-8-3-1-2-4-10(8)12-9/h8-10,12H,1-7,11H2. The molecule has 0 aromatic rings. The van der Waals surface area contributed by atoms with Gasteiger partial charge in [0.2, 0.25) is 0 Å². The maximum atomic E-state index is 5.66. The van der Waals surface area contributed by atoms with E-state index in [2.05, 4.69) is 5.32 Å². The highest BCUT2D eigenvalue weighted by Crippen LogP contribution is 2.31. The number of piperidine rings is 1. The van der Waals surface area contributed by atoms with Gasteiger partial charge < -0.3 is 11.1 Å². The van der Waals surface area contributed by atoms with Crippen LogP contribution in [0.5, 0.6) is 0 Å². The van der Waals surface area contributed by atoms with E-state index in [1.54, 1.807) is 0 Å². The van der Waals surface area contributed by atoms with Gasteiger partial charge in [-0.1, -0.05) is 12.8 Å². The predicted octanol–water partition coefficient (Wildman–Crippen LogP) is 1.26. The largest absolute Gasteiger partial charge is 0.329 e. The van der Waals surface area contributed by atoms with E-state index in [0.29, 0.717) is 6.04 Å². The molecule has 2 heteroatoms. The van der Waals surface area contributed by atoms with Crippen LogP contribution in [0.25, 0.3) is 0 Å². The third-order valence-corrected chi connectivity index (χ3v) is 3.53. The zero-order valence-electron chi connectivity index (χ0n) is 7.76. The Morgan fingerprint density at radius 1 is 1.08 bits per heavy atom. The van der Waals surface area contributed by atoms with Crippen LogP contribution in [0, 0.1) is 5.92 Å². The van der Waals surface area contributed by atoms with E-state index in [-0.39, 0.29) is 0 Å². The minimum atomic E-state index is 0.615. The van der Waals surface area contributed by atoms with E-state index in [4.69, 9.17) is 5.73 Å². The average Bonchev–Trinajstić information content (AvgIpc) is 2.17. The highest BCUT2D eigenvalue weighted by molar-refractivity contribution is 4.89. The molecule has 0 aromatic heterocycles. The molecule has 70 valence electrons. The number of nitrogens with two attached hydrogens (primary N) is 1. The minimum absolute atomic E-state index is 0.615. The summed E-state index contributed by atoms with van der Waals surface area (Å²) in [4.78, 5) is 0. The highest BCUT2D eigenvalue weighted by atomic mass is 15.0. The molecule has 0 aromatic carbocycles.